The van der Waals surface area contributed by atoms with Crippen LogP contribution in [0.25, 0.3) is 11.0 Å². The van der Waals surface area contributed by atoms with Crippen LogP contribution in [-0.2, 0) is 0 Å². The zero-order chi connectivity index (χ0) is 11.8. The molecular formula is C12H12ClN3O. The van der Waals surface area contributed by atoms with Crippen molar-refractivity contribution in [2.75, 3.05) is 0 Å². The lowest BCUT2D eigenvalue weighted by Gasteiger charge is -2.27. The van der Waals surface area contributed by atoms with Gasteiger partial charge in [0.05, 0.1) is 5.56 Å². The van der Waals surface area contributed by atoms with Crippen molar-refractivity contribution < 1.29 is 4.79 Å². The van der Waals surface area contributed by atoms with Gasteiger partial charge in [0.1, 0.15) is 5.65 Å². The molecule has 5 heteroatoms. The second-order valence-electron chi connectivity index (χ2n) is 4.33. The van der Waals surface area contributed by atoms with E-state index < -0.39 is 0 Å². The standard InChI is InChI=1S/C12H12ClN3O/c13-15-12(17)10-7-16(8-3-1-4-8)11-9(10)5-2-6-14-11/h2,5-8H,1,3-4H2,(H,15,17). The highest BCUT2D eigenvalue weighted by Crippen LogP contribution is 2.35. The van der Waals surface area contributed by atoms with Crippen LogP contribution in [0.15, 0.2) is 24.5 Å². The maximum absolute atomic E-state index is 11.7. The van der Waals surface area contributed by atoms with E-state index in [1.165, 1.54) is 6.42 Å². The van der Waals surface area contributed by atoms with Gasteiger partial charge in [-0.3, -0.25) is 9.63 Å². The smallest absolute Gasteiger partial charge is 0.267 e. The van der Waals surface area contributed by atoms with Crippen molar-refractivity contribution in [3.8, 4) is 0 Å². The first-order chi connectivity index (χ1) is 8.31. The summed E-state index contributed by atoms with van der Waals surface area (Å²) in [6.07, 6.45) is 7.16. The van der Waals surface area contributed by atoms with Crippen LogP contribution in [0.1, 0.15) is 35.7 Å². The summed E-state index contributed by atoms with van der Waals surface area (Å²) in [7, 11) is 0. The number of pyridine rings is 1. The van der Waals surface area contributed by atoms with Gasteiger partial charge in [-0.2, -0.15) is 0 Å². The Morgan fingerprint density at radius 3 is 3.00 bits per heavy atom. The number of rotatable bonds is 2. The Morgan fingerprint density at radius 1 is 1.53 bits per heavy atom. The molecule has 0 atom stereocenters. The van der Waals surface area contributed by atoms with Crippen LogP contribution in [-0.4, -0.2) is 15.5 Å². The molecule has 0 saturated heterocycles. The molecule has 1 fully saturated rings. The van der Waals surface area contributed by atoms with Crippen molar-refractivity contribution in [3.05, 3.63) is 30.1 Å². The van der Waals surface area contributed by atoms with Crippen LogP contribution in [0.3, 0.4) is 0 Å². The maximum atomic E-state index is 11.7. The van der Waals surface area contributed by atoms with Crippen LogP contribution in [0, 0.1) is 0 Å². The van der Waals surface area contributed by atoms with Gasteiger partial charge in [-0.1, -0.05) is 0 Å². The molecule has 1 amide bonds. The molecule has 4 nitrogen and oxygen atoms in total. The van der Waals surface area contributed by atoms with Gasteiger partial charge in [0, 0.05) is 35.6 Å². The molecule has 2 heterocycles. The zero-order valence-electron chi connectivity index (χ0n) is 9.19. The van der Waals surface area contributed by atoms with Gasteiger partial charge >= 0.3 is 0 Å². The molecule has 0 unspecified atom stereocenters. The first-order valence-electron chi connectivity index (χ1n) is 5.68. The monoisotopic (exact) mass is 249 g/mol. The van der Waals surface area contributed by atoms with E-state index in [1.54, 1.807) is 6.20 Å². The van der Waals surface area contributed by atoms with Gasteiger partial charge in [-0.05, 0) is 31.4 Å². The predicted octanol–water partition coefficient (Wildman–Crippen LogP) is 2.64. The van der Waals surface area contributed by atoms with Gasteiger partial charge < -0.3 is 4.57 Å². The molecule has 2 aromatic rings. The lowest BCUT2D eigenvalue weighted by molar-refractivity contribution is 0.0983. The van der Waals surface area contributed by atoms with Crippen molar-refractivity contribution in [3.63, 3.8) is 0 Å². The Hall–Kier alpha value is -1.55. The summed E-state index contributed by atoms with van der Waals surface area (Å²) >= 11 is 5.39. The number of carbonyl (C=O) groups is 1. The number of aromatic nitrogens is 2. The minimum absolute atomic E-state index is 0.275. The van der Waals surface area contributed by atoms with E-state index in [1.807, 2.05) is 18.3 Å². The highest BCUT2D eigenvalue weighted by molar-refractivity contribution is 6.25. The average Bonchev–Trinajstić information content (AvgIpc) is 2.66. The summed E-state index contributed by atoms with van der Waals surface area (Å²) in [4.78, 5) is 18.2. The van der Waals surface area contributed by atoms with Crippen molar-refractivity contribution in [1.82, 2.24) is 14.4 Å². The van der Waals surface area contributed by atoms with Crippen molar-refractivity contribution in [1.29, 1.82) is 0 Å². The predicted molar refractivity (Wildman–Crippen MR) is 65.9 cm³/mol. The number of carbonyl (C=O) groups excluding carboxylic acids is 1. The third-order valence-corrected chi connectivity index (χ3v) is 3.56. The minimum atomic E-state index is -0.275. The Morgan fingerprint density at radius 2 is 2.35 bits per heavy atom. The maximum Gasteiger partial charge on any atom is 0.267 e. The molecule has 3 rings (SSSR count). The van der Waals surface area contributed by atoms with E-state index in [-0.39, 0.29) is 5.91 Å². The van der Waals surface area contributed by atoms with Crippen molar-refractivity contribution in [2.24, 2.45) is 0 Å². The summed E-state index contributed by atoms with van der Waals surface area (Å²) < 4.78 is 2.10. The highest BCUT2D eigenvalue weighted by Gasteiger charge is 2.24. The van der Waals surface area contributed by atoms with Crippen LogP contribution < -0.4 is 4.84 Å². The summed E-state index contributed by atoms with van der Waals surface area (Å²) in [5.74, 6) is -0.275. The number of fused-ring (bicyclic) bond motifs is 1. The van der Waals surface area contributed by atoms with Crippen LogP contribution in [0.5, 0.6) is 0 Å². The minimum Gasteiger partial charge on any atom is -0.329 e. The molecule has 1 aliphatic rings. The molecule has 0 bridgehead atoms. The van der Waals surface area contributed by atoms with Gasteiger partial charge in [-0.15, -0.1) is 0 Å². The van der Waals surface area contributed by atoms with Gasteiger partial charge in [0.2, 0.25) is 0 Å². The third kappa shape index (κ3) is 1.60. The highest BCUT2D eigenvalue weighted by atomic mass is 35.5. The topological polar surface area (TPSA) is 46.9 Å². The Kier molecular flexibility index (Phi) is 2.52. The number of halogens is 1. The number of hydrogen-bond acceptors (Lipinski definition) is 2. The average molecular weight is 250 g/mol. The quantitative estimate of drug-likeness (QED) is 0.832. The molecule has 0 spiro atoms. The van der Waals surface area contributed by atoms with Crippen LogP contribution in [0.2, 0.25) is 0 Å². The molecule has 17 heavy (non-hydrogen) atoms. The molecule has 0 aromatic carbocycles. The molecule has 1 N–H and O–H groups in total. The normalized spacial score (nSPS) is 15.8. The van der Waals surface area contributed by atoms with E-state index in [4.69, 9.17) is 11.8 Å². The van der Waals surface area contributed by atoms with Gasteiger partial charge in [-0.25, -0.2) is 4.98 Å². The molecule has 88 valence electrons. The Labute approximate surface area is 104 Å². The van der Waals surface area contributed by atoms with E-state index in [9.17, 15) is 4.79 Å². The SMILES string of the molecule is O=C(NCl)c1cn(C2CCC2)c2ncccc12. The molecule has 0 aliphatic heterocycles. The number of nitrogens with one attached hydrogen (secondary N) is 1. The van der Waals surface area contributed by atoms with Gasteiger partial charge in [0.25, 0.3) is 5.91 Å². The second-order valence-corrected chi connectivity index (χ2v) is 4.52. The van der Waals surface area contributed by atoms with Crippen LogP contribution >= 0.6 is 11.8 Å². The fraction of sp³-hybridized carbons (Fsp3) is 0.333. The molecular weight excluding hydrogens is 238 g/mol. The first-order valence-corrected chi connectivity index (χ1v) is 6.05. The van der Waals surface area contributed by atoms with E-state index in [0.29, 0.717) is 11.6 Å². The summed E-state index contributed by atoms with van der Waals surface area (Å²) in [6.45, 7) is 0. The van der Waals surface area contributed by atoms with E-state index in [2.05, 4.69) is 14.4 Å². The van der Waals surface area contributed by atoms with E-state index in [0.717, 1.165) is 23.9 Å². The number of nitrogens with zero attached hydrogens (tertiary/aromatic N) is 2. The summed E-state index contributed by atoms with van der Waals surface area (Å²) in [5.41, 5.74) is 1.46. The lowest BCUT2D eigenvalue weighted by atomic mass is 9.93. The first kappa shape index (κ1) is 10.6. The van der Waals surface area contributed by atoms with Crippen molar-refractivity contribution in [2.45, 2.75) is 25.3 Å². The van der Waals surface area contributed by atoms with Crippen LogP contribution in [0.4, 0.5) is 0 Å². The third-order valence-electron chi connectivity index (χ3n) is 3.39. The van der Waals surface area contributed by atoms with Crippen molar-refractivity contribution >= 4 is 28.7 Å². The van der Waals surface area contributed by atoms with Gasteiger partial charge in [0.15, 0.2) is 0 Å². The fourth-order valence-corrected chi connectivity index (χ4v) is 2.36. The summed E-state index contributed by atoms with van der Waals surface area (Å²) in [6, 6.07) is 4.21. The Bertz CT molecular complexity index is 574. The molecule has 0 radical (unpaired) electrons. The lowest BCUT2D eigenvalue weighted by Crippen LogP contribution is -2.17. The summed E-state index contributed by atoms with van der Waals surface area (Å²) in [5, 5.41) is 0.859. The zero-order valence-corrected chi connectivity index (χ0v) is 9.94. The Balaban J connectivity index is 2.19. The number of hydrogen-bond donors (Lipinski definition) is 1. The number of amides is 1. The second kappa shape index (κ2) is 4.04. The van der Waals surface area contributed by atoms with E-state index >= 15 is 0 Å². The largest absolute Gasteiger partial charge is 0.329 e. The molecule has 1 saturated carbocycles. The fourth-order valence-electron chi connectivity index (χ4n) is 2.26. The molecule has 2 aromatic heterocycles. The molecule has 1 aliphatic carbocycles.